The summed E-state index contributed by atoms with van der Waals surface area (Å²) in [5, 5.41) is 14.8. The van der Waals surface area contributed by atoms with Gasteiger partial charge in [0, 0.05) is 21.7 Å². The second-order valence-electron chi connectivity index (χ2n) is 6.41. The molecule has 5 nitrogen and oxygen atoms in total. The van der Waals surface area contributed by atoms with E-state index in [2.05, 4.69) is 83.5 Å². The van der Waals surface area contributed by atoms with Crippen molar-refractivity contribution in [1.29, 1.82) is 0 Å². The monoisotopic (exact) mass is 463 g/mol. The van der Waals surface area contributed by atoms with Crippen LogP contribution in [-0.2, 0) is 15.3 Å². The molecule has 2 N–H and O–H groups in total. The Kier molecular flexibility index (Phi) is 8.29. The summed E-state index contributed by atoms with van der Waals surface area (Å²) in [7, 11) is 4.25. The van der Waals surface area contributed by atoms with E-state index in [0.717, 1.165) is 23.2 Å². The normalized spacial score (nSPS) is 13.8. The molecule has 1 aliphatic rings. The van der Waals surface area contributed by atoms with Gasteiger partial charge in [0.1, 0.15) is 0 Å². The van der Waals surface area contributed by atoms with Gasteiger partial charge in [-0.05, 0) is 61.0 Å². The van der Waals surface area contributed by atoms with E-state index in [1.54, 1.807) is 0 Å². The maximum Gasteiger partial charge on any atom is 0.414 e. The van der Waals surface area contributed by atoms with E-state index in [4.69, 9.17) is 19.8 Å². The average molecular weight is 464 g/mol. The van der Waals surface area contributed by atoms with Crippen LogP contribution < -0.4 is 0 Å². The third kappa shape index (κ3) is 6.22. The summed E-state index contributed by atoms with van der Waals surface area (Å²) in [5.74, 6) is -2.62. The van der Waals surface area contributed by atoms with Gasteiger partial charge in [-0.15, -0.1) is 11.8 Å². The standard InChI is InChI=1S/C19H20BrNS.C2H2O4/c1-21(2)11-5-7-16-17-6-3-4-8-19(17)22-13-14-9-10-15(20)12-18(14)16;3-1(4)2(5)6/h3-4,6-10,12H,5,11,13H2,1-2H3;(H,3,4)(H,5,6)/b16-7-;. The van der Waals surface area contributed by atoms with Crippen molar-refractivity contribution in [2.75, 3.05) is 20.6 Å². The predicted molar refractivity (Wildman–Crippen MR) is 116 cm³/mol. The van der Waals surface area contributed by atoms with Crippen molar-refractivity contribution in [3.8, 4) is 0 Å². The molecule has 0 bridgehead atoms. The molecule has 0 radical (unpaired) electrons. The zero-order valence-corrected chi connectivity index (χ0v) is 18.1. The third-order valence-electron chi connectivity index (χ3n) is 4.03. The molecule has 0 fully saturated rings. The van der Waals surface area contributed by atoms with Gasteiger partial charge >= 0.3 is 11.9 Å². The molecule has 0 unspecified atom stereocenters. The van der Waals surface area contributed by atoms with Crippen LogP contribution in [0.25, 0.3) is 5.57 Å². The largest absolute Gasteiger partial charge is 0.473 e. The van der Waals surface area contributed by atoms with E-state index in [-0.39, 0.29) is 0 Å². The number of hydrogen-bond acceptors (Lipinski definition) is 4. The Morgan fingerprint density at radius 1 is 1.11 bits per heavy atom. The van der Waals surface area contributed by atoms with Gasteiger partial charge in [0.15, 0.2) is 0 Å². The van der Waals surface area contributed by atoms with Crippen LogP contribution in [0.5, 0.6) is 0 Å². The summed E-state index contributed by atoms with van der Waals surface area (Å²) < 4.78 is 1.15. The fourth-order valence-corrected chi connectivity index (χ4v) is 4.16. The molecule has 0 amide bonds. The number of benzene rings is 2. The minimum atomic E-state index is -1.82. The van der Waals surface area contributed by atoms with Crippen molar-refractivity contribution in [3.63, 3.8) is 0 Å². The van der Waals surface area contributed by atoms with Gasteiger partial charge in [-0.1, -0.05) is 46.3 Å². The first-order valence-corrected chi connectivity index (χ1v) is 10.4. The topological polar surface area (TPSA) is 77.8 Å². The average Bonchev–Trinajstić information content (AvgIpc) is 2.79. The molecule has 28 heavy (non-hydrogen) atoms. The van der Waals surface area contributed by atoms with Gasteiger partial charge < -0.3 is 15.1 Å². The summed E-state index contributed by atoms with van der Waals surface area (Å²) in [5.41, 5.74) is 5.52. The van der Waals surface area contributed by atoms with Gasteiger partial charge in [0.2, 0.25) is 0 Å². The smallest absolute Gasteiger partial charge is 0.414 e. The summed E-state index contributed by atoms with van der Waals surface area (Å²) in [6.07, 6.45) is 3.46. The van der Waals surface area contributed by atoms with Gasteiger partial charge in [0.05, 0.1) is 0 Å². The van der Waals surface area contributed by atoms with E-state index in [1.807, 2.05) is 11.8 Å². The quantitative estimate of drug-likeness (QED) is 0.647. The highest BCUT2D eigenvalue weighted by Gasteiger charge is 2.18. The van der Waals surface area contributed by atoms with Gasteiger partial charge in [-0.25, -0.2) is 9.59 Å². The lowest BCUT2D eigenvalue weighted by Crippen LogP contribution is -2.12. The zero-order valence-electron chi connectivity index (χ0n) is 15.7. The molecule has 3 rings (SSSR count). The van der Waals surface area contributed by atoms with Crippen LogP contribution in [0.4, 0.5) is 0 Å². The Hall–Kier alpha value is -2.09. The minimum absolute atomic E-state index is 1.03. The lowest BCUT2D eigenvalue weighted by molar-refractivity contribution is -0.159. The van der Waals surface area contributed by atoms with Crippen LogP contribution in [-0.4, -0.2) is 47.7 Å². The molecule has 0 saturated carbocycles. The van der Waals surface area contributed by atoms with Crippen LogP contribution in [0.15, 0.2) is 57.9 Å². The second kappa shape index (κ2) is 10.5. The van der Waals surface area contributed by atoms with Crippen LogP contribution in [0, 0.1) is 0 Å². The zero-order chi connectivity index (χ0) is 20.7. The second-order valence-corrected chi connectivity index (χ2v) is 8.34. The number of carboxylic acids is 2. The summed E-state index contributed by atoms with van der Waals surface area (Å²) in [6, 6.07) is 15.4. The molecular formula is C21H22BrNO4S. The Bertz CT molecular complexity index is 884. The van der Waals surface area contributed by atoms with E-state index in [0.29, 0.717) is 0 Å². The molecular weight excluding hydrogens is 442 g/mol. The number of hydrogen-bond donors (Lipinski definition) is 2. The Balaban J connectivity index is 0.000000409. The first-order valence-electron chi connectivity index (χ1n) is 8.61. The molecule has 2 aromatic rings. The van der Waals surface area contributed by atoms with Crippen LogP contribution in [0.1, 0.15) is 23.1 Å². The molecule has 2 aromatic carbocycles. The Labute approximate surface area is 177 Å². The molecule has 1 aliphatic heterocycles. The Morgan fingerprint density at radius 2 is 1.79 bits per heavy atom. The SMILES string of the molecule is CN(C)CC/C=C1\c2cc(Br)ccc2CSc2ccccc21.O=C(O)C(=O)O. The number of nitrogens with zero attached hydrogens (tertiary/aromatic N) is 1. The molecule has 148 valence electrons. The maximum absolute atomic E-state index is 9.10. The summed E-state index contributed by atoms with van der Waals surface area (Å²) in [4.78, 5) is 21.8. The molecule has 0 spiro atoms. The van der Waals surface area contributed by atoms with Gasteiger partial charge in [-0.2, -0.15) is 0 Å². The predicted octanol–water partition coefficient (Wildman–Crippen LogP) is 4.59. The number of fused-ring (bicyclic) bond motifs is 2. The van der Waals surface area contributed by atoms with E-state index >= 15 is 0 Å². The van der Waals surface area contributed by atoms with Gasteiger partial charge in [-0.3, -0.25) is 0 Å². The van der Waals surface area contributed by atoms with E-state index < -0.39 is 11.9 Å². The van der Waals surface area contributed by atoms with Crippen molar-refractivity contribution in [2.24, 2.45) is 0 Å². The van der Waals surface area contributed by atoms with Crippen molar-refractivity contribution in [1.82, 2.24) is 4.90 Å². The number of aliphatic carboxylic acids is 2. The van der Waals surface area contributed by atoms with E-state index in [1.165, 1.54) is 27.2 Å². The fraction of sp³-hybridized carbons (Fsp3) is 0.238. The minimum Gasteiger partial charge on any atom is -0.473 e. The number of carbonyl (C=O) groups is 2. The molecule has 0 atom stereocenters. The summed E-state index contributed by atoms with van der Waals surface area (Å²) in [6.45, 7) is 1.07. The highest BCUT2D eigenvalue weighted by Crippen LogP contribution is 2.40. The molecule has 0 aliphatic carbocycles. The number of thioether (sulfide) groups is 1. The van der Waals surface area contributed by atoms with Gasteiger partial charge in [0.25, 0.3) is 0 Å². The van der Waals surface area contributed by atoms with Crippen molar-refractivity contribution >= 4 is 45.2 Å². The fourth-order valence-electron chi connectivity index (χ4n) is 2.73. The van der Waals surface area contributed by atoms with Crippen molar-refractivity contribution in [3.05, 3.63) is 69.7 Å². The molecule has 7 heteroatoms. The van der Waals surface area contributed by atoms with E-state index in [9.17, 15) is 0 Å². The number of carboxylic acid groups (broad SMARTS) is 2. The molecule has 1 heterocycles. The number of halogens is 1. The highest BCUT2D eigenvalue weighted by molar-refractivity contribution is 9.10. The van der Waals surface area contributed by atoms with Crippen LogP contribution >= 0.6 is 27.7 Å². The maximum atomic E-state index is 9.10. The molecule has 0 saturated heterocycles. The molecule has 0 aromatic heterocycles. The lowest BCUT2D eigenvalue weighted by atomic mass is 9.93. The summed E-state index contributed by atoms with van der Waals surface area (Å²) >= 11 is 5.57. The third-order valence-corrected chi connectivity index (χ3v) is 5.65. The van der Waals surface area contributed by atoms with Crippen molar-refractivity contribution in [2.45, 2.75) is 17.1 Å². The number of rotatable bonds is 3. The highest BCUT2D eigenvalue weighted by atomic mass is 79.9. The first kappa shape index (κ1) is 22.2. The Morgan fingerprint density at radius 3 is 2.43 bits per heavy atom. The van der Waals surface area contributed by atoms with Crippen LogP contribution in [0.3, 0.4) is 0 Å². The lowest BCUT2D eigenvalue weighted by Gasteiger charge is -2.13. The van der Waals surface area contributed by atoms with Crippen molar-refractivity contribution < 1.29 is 19.8 Å². The first-order chi connectivity index (χ1) is 13.3. The van der Waals surface area contributed by atoms with Crippen LogP contribution in [0.2, 0.25) is 0 Å².